The maximum Gasteiger partial charge on any atom is 0.573 e. The Morgan fingerprint density at radius 3 is 2.55 bits per heavy atom. The maximum absolute atomic E-state index is 12.4. The summed E-state index contributed by atoms with van der Waals surface area (Å²) >= 11 is 0. The molecule has 0 unspecified atom stereocenters. The van der Waals surface area contributed by atoms with Crippen molar-refractivity contribution in [2.45, 2.75) is 26.8 Å². The molecule has 29 heavy (non-hydrogen) atoms. The fourth-order valence-electron chi connectivity index (χ4n) is 2.73. The number of aromatic nitrogens is 3. The molecule has 3 rings (SSSR count). The third-order valence-corrected chi connectivity index (χ3v) is 4.36. The number of aryl methyl sites for hydroxylation is 1. The van der Waals surface area contributed by atoms with Gasteiger partial charge in [0.1, 0.15) is 17.4 Å². The Bertz CT molecular complexity index is 1060. The average molecular weight is 404 g/mol. The van der Waals surface area contributed by atoms with E-state index in [1.165, 1.54) is 18.2 Å². The lowest BCUT2D eigenvalue weighted by Crippen LogP contribution is -2.19. The Balaban J connectivity index is 1.75. The number of halogens is 3. The molecule has 0 bridgehead atoms. The summed E-state index contributed by atoms with van der Waals surface area (Å²) in [7, 11) is 1.77. The van der Waals surface area contributed by atoms with Crippen molar-refractivity contribution >= 4 is 5.82 Å². The van der Waals surface area contributed by atoms with Crippen LogP contribution in [-0.4, -0.2) is 28.4 Å². The number of ether oxygens (including phenoxy) is 1. The maximum atomic E-state index is 12.4. The molecule has 0 saturated carbocycles. The van der Waals surface area contributed by atoms with Crippen molar-refractivity contribution in [2.75, 3.05) is 11.9 Å². The molecule has 2 heterocycles. The highest BCUT2D eigenvalue weighted by Crippen LogP contribution is 2.24. The van der Waals surface area contributed by atoms with Crippen LogP contribution in [-0.2, 0) is 6.54 Å². The van der Waals surface area contributed by atoms with Crippen LogP contribution < -0.4 is 15.2 Å². The van der Waals surface area contributed by atoms with Gasteiger partial charge in [-0.15, -0.1) is 13.2 Å². The molecule has 1 N–H and O–H groups in total. The molecule has 0 aliphatic carbocycles. The van der Waals surface area contributed by atoms with Crippen molar-refractivity contribution in [2.24, 2.45) is 0 Å². The highest BCUT2D eigenvalue weighted by molar-refractivity contribution is 5.56. The predicted molar refractivity (Wildman–Crippen MR) is 103 cm³/mol. The zero-order valence-corrected chi connectivity index (χ0v) is 16.0. The second-order valence-electron chi connectivity index (χ2n) is 6.58. The molecule has 0 aliphatic rings. The van der Waals surface area contributed by atoms with Gasteiger partial charge in [0.15, 0.2) is 0 Å². The van der Waals surface area contributed by atoms with Gasteiger partial charge in [0.25, 0.3) is 5.56 Å². The summed E-state index contributed by atoms with van der Waals surface area (Å²) in [5.41, 5.74) is 2.30. The van der Waals surface area contributed by atoms with Crippen LogP contribution in [0.25, 0.3) is 11.4 Å². The number of H-pyrrole nitrogens is 1. The lowest BCUT2D eigenvalue weighted by Gasteiger charge is -2.19. The minimum Gasteiger partial charge on any atom is -0.406 e. The SMILES string of the molecule is Cc1nc(-c2ccc(N(C)Cc3cccc(OC(F)(F)F)c3)nc2)[nH]c(=O)c1C. The molecular weight excluding hydrogens is 385 g/mol. The van der Waals surface area contributed by atoms with Crippen molar-refractivity contribution in [1.82, 2.24) is 15.0 Å². The molecule has 0 atom stereocenters. The molecule has 0 spiro atoms. The average Bonchev–Trinajstić information content (AvgIpc) is 2.64. The second-order valence-corrected chi connectivity index (χ2v) is 6.58. The van der Waals surface area contributed by atoms with Crippen molar-refractivity contribution in [3.8, 4) is 17.1 Å². The van der Waals surface area contributed by atoms with Crippen LogP contribution in [0.2, 0.25) is 0 Å². The van der Waals surface area contributed by atoms with Crippen LogP contribution >= 0.6 is 0 Å². The number of pyridine rings is 1. The highest BCUT2D eigenvalue weighted by atomic mass is 19.4. The molecule has 0 aliphatic heterocycles. The molecule has 0 saturated heterocycles. The number of rotatable bonds is 5. The highest BCUT2D eigenvalue weighted by Gasteiger charge is 2.31. The van der Waals surface area contributed by atoms with Gasteiger partial charge >= 0.3 is 6.36 Å². The van der Waals surface area contributed by atoms with Crippen LogP contribution in [0.15, 0.2) is 47.4 Å². The number of alkyl halides is 3. The Morgan fingerprint density at radius 2 is 1.93 bits per heavy atom. The van der Waals surface area contributed by atoms with Gasteiger partial charge in [-0.2, -0.15) is 0 Å². The summed E-state index contributed by atoms with van der Waals surface area (Å²) < 4.78 is 41.1. The number of hydrogen-bond acceptors (Lipinski definition) is 5. The summed E-state index contributed by atoms with van der Waals surface area (Å²) in [5, 5.41) is 0. The van der Waals surface area contributed by atoms with Gasteiger partial charge in [-0.1, -0.05) is 12.1 Å². The normalized spacial score (nSPS) is 11.4. The van der Waals surface area contributed by atoms with E-state index in [2.05, 4.69) is 19.7 Å². The molecule has 9 heteroatoms. The van der Waals surface area contributed by atoms with E-state index in [0.29, 0.717) is 40.6 Å². The lowest BCUT2D eigenvalue weighted by molar-refractivity contribution is -0.274. The molecule has 1 aromatic carbocycles. The zero-order chi connectivity index (χ0) is 21.2. The monoisotopic (exact) mass is 404 g/mol. The van der Waals surface area contributed by atoms with E-state index in [4.69, 9.17) is 0 Å². The van der Waals surface area contributed by atoms with Crippen LogP contribution in [0.1, 0.15) is 16.8 Å². The number of nitrogens with zero attached hydrogens (tertiary/aromatic N) is 3. The van der Waals surface area contributed by atoms with Gasteiger partial charge in [-0.05, 0) is 43.7 Å². The standard InChI is InChI=1S/C20H19F3N4O2/c1-12-13(2)25-18(26-19(12)28)15-7-8-17(24-10-15)27(3)11-14-5-4-6-16(9-14)29-20(21,22)23/h4-10H,11H2,1-3H3,(H,25,26,28). The van der Waals surface area contributed by atoms with E-state index in [-0.39, 0.29) is 11.3 Å². The van der Waals surface area contributed by atoms with E-state index >= 15 is 0 Å². The number of anilines is 1. The summed E-state index contributed by atoms with van der Waals surface area (Å²) in [5.74, 6) is 0.773. The van der Waals surface area contributed by atoms with Gasteiger partial charge in [0, 0.05) is 36.6 Å². The minimum absolute atomic E-state index is 0.199. The van der Waals surface area contributed by atoms with Crippen molar-refractivity contribution < 1.29 is 17.9 Å². The summed E-state index contributed by atoms with van der Waals surface area (Å²) in [6.07, 6.45) is -3.15. The summed E-state index contributed by atoms with van der Waals surface area (Å²) in [6.45, 7) is 3.80. The number of benzene rings is 1. The van der Waals surface area contributed by atoms with E-state index < -0.39 is 6.36 Å². The molecule has 0 amide bonds. The molecule has 2 aromatic heterocycles. The zero-order valence-electron chi connectivity index (χ0n) is 16.0. The van der Waals surface area contributed by atoms with Crippen LogP contribution in [0.4, 0.5) is 19.0 Å². The summed E-state index contributed by atoms with van der Waals surface area (Å²) in [4.78, 5) is 25.2. The number of nitrogens with one attached hydrogen (secondary N) is 1. The third-order valence-electron chi connectivity index (χ3n) is 4.36. The molecule has 6 nitrogen and oxygen atoms in total. The molecular formula is C20H19F3N4O2. The van der Waals surface area contributed by atoms with E-state index in [9.17, 15) is 18.0 Å². The fraction of sp³-hybridized carbons (Fsp3) is 0.250. The largest absolute Gasteiger partial charge is 0.573 e. The second kappa shape index (κ2) is 7.94. The predicted octanol–water partition coefficient (Wildman–Crippen LogP) is 3.98. The molecule has 0 radical (unpaired) electrons. The Hall–Kier alpha value is -3.36. The Labute approximate surface area is 165 Å². The first-order chi connectivity index (χ1) is 13.6. The molecule has 0 fully saturated rings. The third kappa shape index (κ3) is 5.13. The summed E-state index contributed by atoms with van der Waals surface area (Å²) in [6, 6.07) is 9.32. The quantitative estimate of drug-likeness (QED) is 0.697. The van der Waals surface area contributed by atoms with Crippen LogP contribution in [0.5, 0.6) is 5.75 Å². The van der Waals surface area contributed by atoms with E-state index in [1.807, 2.05) is 0 Å². The lowest BCUT2D eigenvalue weighted by atomic mass is 10.2. The van der Waals surface area contributed by atoms with Gasteiger partial charge in [0.05, 0.1) is 0 Å². The van der Waals surface area contributed by atoms with Gasteiger partial charge < -0.3 is 14.6 Å². The Morgan fingerprint density at radius 1 is 1.17 bits per heavy atom. The van der Waals surface area contributed by atoms with Crippen molar-refractivity contribution in [3.63, 3.8) is 0 Å². The minimum atomic E-state index is -4.73. The molecule has 3 aromatic rings. The Kier molecular flexibility index (Phi) is 5.58. The topological polar surface area (TPSA) is 71.1 Å². The number of hydrogen-bond donors (Lipinski definition) is 1. The first kappa shape index (κ1) is 20.4. The van der Waals surface area contributed by atoms with Crippen molar-refractivity contribution in [3.05, 3.63) is 69.8 Å². The van der Waals surface area contributed by atoms with E-state index in [1.54, 1.807) is 50.2 Å². The van der Waals surface area contributed by atoms with Crippen LogP contribution in [0.3, 0.4) is 0 Å². The molecule has 152 valence electrons. The fourth-order valence-corrected chi connectivity index (χ4v) is 2.73. The van der Waals surface area contributed by atoms with E-state index in [0.717, 1.165) is 0 Å². The van der Waals surface area contributed by atoms with Gasteiger partial charge in [-0.3, -0.25) is 4.79 Å². The van der Waals surface area contributed by atoms with Crippen molar-refractivity contribution in [1.29, 1.82) is 0 Å². The first-order valence-corrected chi connectivity index (χ1v) is 8.72. The van der Waals surface area contributed by atoms with Gasteiger partial charge in [-0.25, -0.2) is 9.97 Å². The van der Waals surface area contributed by atoms with Gasteiger partial charge in [0.2, 0.25) is 0 Å². The number of aromatic amines is 1. The first-order valence-electron chi connectivity index (χ1n) is 8.72. The van der Waals surface area contributed by atoms with Crippen LogP contribution in [0, 0.1) is 13.8 Å². The smallest absolute Gasteiger partial charge is 0.406 e.